The van der Waals surface area contributed by atoms with Crippen LogP contribution in [0.1, 0.15) is 96.3 Å². The van der Waals surface area contributed by atoms with Gasteiger partial charge in [-0.25, -0.2) is 17.7 Å². The zero-order valence-electron chi connectivity index (χ0n) is 43.0. The molecule has 16 N–H and O–H groups in total. The Kier molecular flexibility index (Phi) is 44.1. The van der Waals surface area contributed by atoms with Gasteiger partial charge in [-0.15, -0.1) is 0 Å². The number of rotatable bonds is 50. The molecule has 0 aromatic rings. The van der Waals surface area contributed by atoms with E-state index in [9.17, 15) is 52.9 Å². The Bertz CT molecular complexity index is 1620. The van der Waals surface area contributed by atoms with Crippen LogP contribution >= 0.6 is 7.60 Å². The van der Waals surface area contributed by atoms with Gasteiger partial charge in [-0.05, 0) is 51.4 Å². The van der Waals surface area contributed by atoms with Crippen LogP contribution in [-0.4, -0.2) is 188 Å². The number of hydrogen-bond acceptors (Lipinski definition) is 20. The molecule has 0 rings (SSSR count). The quantitative estimate of drug-likeness (QED) is 0.0161. The lowest BCUT2D eigenvalue weighted by molar-refractivity contribution is -0.133. The van der Waals surface area contributed by atoms with E-state index in [-0.39, 0.29) is 187 Å². The molecule has 74 heavy (non-hydrogen) atoms. The van der Waals surface area contributed by atoms with Gasteiger partial charge < -0.3 is 85.8 Å². The normalized spacial score (nSPS) is 13.1. The first-order chi connectivity index (χ1) is 35.5. The van der Waals surface area contributed by atoms with E-state index in [2.05, 4.69) is 57.0 Å². The van der Waals surface area contributed by atoms with E-state index < -0.39 is 49.2 Å². The average Bonchev–Trinajstić information content (AvgIpc) is 3.36. The van der Waals surface area contributed by atoms with Gasteiger partial charge in [0.25, 0.3) is 0 Å². The van der Waals surface area contributed by atoms with Gasteiger partial charge in [-0.3, -0.25) is 42.9 Å². The highest BCUT2D eigenvalue weighted by Crippen LogP contribution is 2.37. The number of carbonyl (C=O) groups is 8. The van der Waals surface area contributed by atoms with Gasteiger partial charge in [0.1, 0.15) is 12.1 Å². The molecule has 8 amide bonds. The van der Waals surface area contributed by atoms with Crippen LogP contribution in [0.2, 0.25) is 0 Å². The van der Waals surface area contributed by atoms with E-state index in [1.54, 1.807) is 0 Å². The van der Waals surface area contributed by atoms with Crippen LogP contribution in [0.4, 0.5) is 0 Å². The van der Waals surface area contributed by atoms with Crippen molar-refractivity contribution in [3.05, 3.63) is 0 Å². The number of nitrogens with one attached hydrogen (secondary N) is 8. The highest BCUT2D eigenvalue weighted by Gasteiger charge is 2.27. The lowest BCUT2D eigenvalue weighted by Gasteiger charge is -2.23. The lowest BCUT2D eigenvalue weighted by atomic mass is 10.0. The molecule has 0 radical (unpaired) electrons. The SMILES string of the molecule is CP(=O)(O)OCC(CO)CCCCNC(=O)C(CCCCNC(=O)CCC(=O)NCCOCCON)NC(=O)C(CCCCNC(=O)CCC(=O)NCCOCCON)NC(=O)CCC(=O)NCCOCCON. The molecule has 4 atom stereocenters. The minimum absolute atomic E-state index is 0.0450. The zero-order valence-corrected chi connectivity index (χ0v) is 43.9. The van der Waals surface area contributed by atoms with Crippen molar-refractivity contribution in [1.29, 1.82) is 0 Å². The molecule has 0 aliphatic rings. The zero-order chi connectivity index (χ0) is 55.1. The number of nitrogens with two attached hydrogens (primary N) is 3. The summed E-state index contributed by atoms with van der Waals surface area (Å²) >= 11 is 0. The summed E-state index contributed by atoms with van der Waals surface area (Å²) in [6.45, 7) is 3.96. The van der Waals surface area contributed by atoms with E-state index in [4.69, 9.17) is 36.4 Å². The Balaban J connectivity index is 5.66. The standard InChI is InChI=1S/C44H86N11O18P/c1-74(65,66)73-33-34(32-56)8-2-5-19-53-43(63)35(9-3-6-17-48-37(57)11-13-39(59)50-20-23-67-26-29-70-45)55-44(64)36(54-42(62)16-15-41(61)52-22-25-69-28-31-72-47)10-4-7-18-49-38(58)12-14-40(60)51-21-24-68-27-30-71-46/h34-36,56H,2-33,45-47H2,1H3,(H,48,57)(H,49,58)(H,50,59)(H,51,60)(H,52,61)(H,53,63)(H,54,62)(H,55,64)(H,65,66). The first-order valence-corrected chi connectivity index (χ1v) is 27.0. The molecule has 29 nitrogen and oxygen atoms in total. The third kappa shape index (κ3) is 43.9. The largest absolute Gasteiger partial charge is 0.396 e. The third-order valence-corrected chi connectivity index (χ3v) is 11.0. The summed E-state index contributed by atoms with van der Waals surface area (Å²) in [5.41, 5.74) is 0. The molecular formula is C44H86N11O18P. The van der Waals surface area contributed by atoms with Crippen molar-refractivity contribution >= 4 is 54.9 Å². The number of hydrogen-bond donors (Lipinski definition) is 13. The second-order valence-corrected chi connectivity index (χ2v) is 18.7. The third-order valence-electron chi connectivity index (χ3n) is 10.4. The second-order valence-electron chi connectivity index (χ2n) is 16.8. The van der Waals surface area contributed by atoms with Crippen molar-refractivity contribution in [1.82, 2.24) is 42.5 Å². The molecule has 30 heteroatoms. The first-order valence-electron chi connectivity index (χ1n) is 25.0. The van der Waals surface area contributed by atoms with Crippen LogP contribution in [0.3, 0.4) is 0 Å². The summed E-state index contributed by atoms with van der Waals surface area (Å²) in [6.07, 6.45) is 2.42. The number of amides is 8. The number of carbonyl (C=O) groups excluding carboxylic acids is 8. The summed E-state index contributed by atoms with van der Waals surface area (Å²) in [5, 5.41) is 31.3. The van der Waals surface area contributed by atoms with E-state index in [1.807, 2.05) is 0 Å². The molecule has 0 aliphatic carbocycles. The Morgan fingerprint density at radius 3 is 1.18 bits per heavy atom. The monoisotopic (exact) mass is 1090 g/mol. The maximum atomic E-state index is 14.0. The molecule has 0 aromatic carbocycles. The predicted molar refractivity (Wildman–Crippen MR) is 266 cm³/mol. The first kappa shape index (κ1) is 69.5. The van der Waals surface area contributed by atoms with Crippen LogP contribution in [0, 0.1) is 5.92 Å². The summed E-state index contributed by atoms with van der Waals surface area (Å²) in [7, 11) is -3.73. The van der Waals surface area contributed by atoms with Gasteiger partial charge in [-0.1, -0.05) is 6.42 Å². The number of ether oxygens (including phenoxy) is 3. The van der Waals surface area contributed by atoms with E-state index in [0.717, 1.165) is 6.66 Å². The van der Waals surface area contributed by atoms with Crippen LogP contribution < -0.4 is 60.2 Å². The minimum Gasteiger partial charge on any atom is -0.396 e. The Labute approximate surface area is 433 Å². The number of aliphatic hydroxyl groups is 1. The van der Waals surface area contributed by atoms with Crippen LogP contribution in [0.25, 0.3) is 0 Å². The Morgan fingerprint density at radius 2 is 0.797 bits per heavy atom. The van der Waals surface area contributed by atoms with Crippen molar-refractivity contribution < 1.29 is 86.2 Å². The number of unbranched alkanes of at least 4 members (excludes halogenated alkanes) is 3. The molecule has 0 saturated carbocycles. The van der Waals surface area contributed by atoms with Crippen molar-refractivity contribution in [3.63, 3.8) is 0 Å². The predicted octanol–water partition coefficient (Wildman–Crippen LogP) is -3.33. The van der Waals surface area contributed by atoms with Crippen molar-refractivity contribution in [2.24, 2.45) is 23.6 Å². The molecule has 0 aromatic heterocycles. The summed E-state index contributed by atoms with van der Waals surface area (Å²) in [5.74, 6) is 10.8. The smallest absolute Gasteiger partial charge is 0.325 e. The van der Waals surface area contributed by atoms with Crippen molar-refractivity contribution in [3.8, 4) is 0 Å². The topological polar surface area (TPSA) is 433 Å². The molecule has 4 unspecified atom stereocenters. The van der Waals surface area contributed by atoms with Crippen LogP contribution in [-0.2, 0) is 76.2 Å². The molecule has 0 aliphatic heterocycles. The maximum Gasteiger partial charge on any atom is 0.325 e. The highest BCUT2D eigenvalue weighted by atomic mass is 31.2. The van der Waals surface area contributed by atoms with E-state index in [1.165, 1.54) is 0 Å². The fourth-order valence-corrected chi connectivity index (χ4v) is 6.87. The molecule has 0 saturated heterocycles. The Hall–Kier alpha value is -4.49. The van der Waals surface area contributed by atoms with E-state index in [0.29, 0.717) is 44.9 Å². The lowest BCUT2D eigenvalue weighted by Crippen LogP contribution is -2.54. The molecule has 0 spiro atoms. The summed E-state index contributed by atoms with van der Waals surface area (Å²) in [6, 6.07) is -2.25. The van der Waals surface area contributed by atoms with Gasteiger partial charge in [-0.2, -0.15) is 0 Å². The molecule has 0 heterocycles. The van der Waals surface area contributed by atoms with Gasteiger partial charge >= 0.3 is 7.60 Å². The molecule has 0 fully saturated rings. The fraction of sp³-hybridized carbons (Fsp3) is 0.818. The van der Waals surface area contributed by atoms with Crippen LogP contribution in [0.5, 0.6) is 0 Å². The second kappa shape index (κ2) is 47.0. The van der Waals surface area contributed by atoms with Crippen LogP contribution in [0.15, 0.2) is 0 Å². The van der Waals surface area contributed by atoms with Gasteiger partial charge in [0.2, 0.25) is 47.3 Å². The highest BCUT2D eigenvalue weighted by molar-refractivity contribution is 7.51. The van der Waals surface area contributed by atoms with Gasteiger partial charge in [0, 0.05) is 97.0 Å². The van der Waals surface area contributed by atoms with E-state index >= 15 is 0 Å². The fourth-order valence-electron chi connectivity index (χ4n) is 6.38. The molecular weight excluding hydrogens is 1000 g/mol. The van der Waals surface area contributed by atoms with Gasteiger partial charge in [0.15, 0.2) is 0 Å². The average molecular weight is 1090 g/mol. The van der Waals surface area contributed by atoms with Crippen molar-refractivity contribution in [2.75, 3.05) is 119 Å². The summed E-state index contributed by atoms with van der Waals surface area (Å²) in [4.78, 5) is 125. The molecule has 0 bridgehead atoms. The van der Waals surface area contributed by atoms with Crippen molar-refractivity contribution in [2.45, 2.75) is 108 Å². The molecule has 430 valence electrons. The Morgan fingerprint density at radius 1 is 0.446 bits per heavy atom. The maximum absolute atomic E-state index is 14.0. The minimum atomic E-state index is -3.73. The summed E-state index contributed by atoms with van der Waals surface area (Å²) < 4.78 is 32.2. The number of aliphatic hydroxyl groups excluding tert-OH is 1. The van der Waals surface area contributed by atoms with Gasteiger partial charge in [0.05, 0.1) is 66.1 Å².